The third kappa shape index (κ3) is 1.80. The summed E-state index contributed by atoms with van der Waals surface area (Å²) in [7, 11) is 0. The Bertz CT molecular complexity index is 364. The smallest absolute Gasteiger partial charge is 0.271 e. The normalized spacial score (nSPS) is 10.8. The Balaban J connectivity index is 3.38. The van der Waals surface area contributed by atoms with Gasteiger partial charge >= 0.3 is 0 Å². The minimum Gasteiger partial charge on any atom is -0.394 e. The van der Waals surface area contributed by atoms with Crippen molar-refractivity contribution >= 4 is 17.3 Å². The second kappa shape index (κ2) is 3.74. The van der Waals surface area contributed by atoms with Crippen molar-refractivity contribution < 1.29 is 8.78 Å². The number of H-pyrrole nitrogens is 1. The average molecular weight is 209 g/mol. The maximum absolute atomic E-state index is 12.3. The zero-order valence-electron chi connectivity index (χ0n) is 6.48. The summed E-state index contributed by atoms with van der Waals surface area (Å²) >= 11 is 5.39. The molecule has 0 aliphatic heterocycles. The van der Waals surface area contributed by atoms with E-state index in [-0.39, 0.29) is 22.7 Å². The highest BCUT2D eigenvalue weighted by Crippen LogP contribution is 2.25. The molecule has 1 rings (SSSR count). The molecular formula is C7H7ClF2N2O. The molecule has 1 aromatic heterocycles. The summed E-state index contributed by atoms with van der Waals surface area (Å²) in [5.74, 6) is -0.199. The highest BCUT2D eigenvalue weighted by atomic mass is 35.5. The van der Waals surface area contributed by atoms with E-state index in [2.05, 4.69) is 4.98 Å². The molecule has 0 amide bonds. The van der Waals surface area contributed by atoms with Gasteiger partial charge in [0.2, 0.25) is 0 Å². The van der Waals surface area contributed by atoms with Crippen LogP contribution in [0.5, 0.6) is 0 Å². The number of aromatic amines is 1. The van der Waals surface area contributed by atoms with Crippen molar-refractivity contribution in [3.63, 3.8) is 0 Å². The number of halogens is 3. The predicted octanol–water partition coefficient (Wildman–Crippen LogP) is 1.63. The highest BCUT2D eigenvalue weighted by molar-refractivity contribution is 6.17. The Morgan fingerprint density at radius 2 is 2.23 bits per heavy atom. The van der Waals surface area contributed by atoms with E-state index in [1.807, 2.05) is 0 Å². The molecule has 0 saturated carbocycles. The Hall–Kier alpha value is -1.10. The molecule has 13 heavy (non-hydrogen) atoms. The summed E-state index contributed by atoms with van der Waals surface area (Å²) in [5.41, 5.74) is 4.10. The number of aromatic nitrogens is 1. The van der Waals surface area contributed by atoms with Gasteiger partial charge in [0.05, 0.1) is 5.88 Å². The second-order valence-corrected chi connectivity index (χ2v) is 2.67. The molecule has 3 N–H and O–H groups in total. The van der Waals surface area contributed by atoms with Gasteiger partial charge < -0.3 is 10.7 Å². The van der Waals surface area contributed by atoms with E-state index in [1.165, 1.54) is 0 Å². The maximum Gasteiger partial charge on any atom is 0.271 e. The number of pyridine rings is 1. The molecule has 0 spiro atoms. The molecule has 0 radical (unpaired) electrons. The predicted molar refractivity (Wildman–Crippen MR) is 46.0 cm³/mol. The van der Waals surface area contributed by atoms with Crippen LogP contribution in [-0.4, -0.2) is 4.98 Å². The van der Waals surface area contributed by atoms with Gasteiger partial charge in [-0.15, -0.1) is 11.6 Å². The molecule has 1 heterocycles. The largest absolute Gasteiger partial charge is 0.394 e. The van der Waals surface area contributed by atoms with Crippen molar-refractivity contribution in [2.75, 3.05) is 5.73 Å². The number of hydrogen-bond acceptors (Lipinski definition) is 2. The molecular weight excluding hydrogens is 202 g/mol. The fourth-order valence-electron chi connectivity index (χ4n) is 0.945. The molecule has 0 aliphatic carbocycles. The minimum atomic E-state index is -2.69. The molecule has 0 bridgehead atoms. The standard InChI is InChI=1S/C7H7ClF2N2O/c8-1-3-4(6(9)10)2-12-7(13)5(3)11/h2,6H,1,11H2,(H,12,13). The van der Waals surface area contributed by atoms with Crippen LogP contribution in [0.2, 0.25) is 0 Å². The second-order valence-electron chi connectivity index (χ2n) is 2.40. The molecule has 0 saturated heterocycles. The van der Waals surface area contributed by atoms with Crippen molar-refractivity contribution in [1.82, 2.24) is 4.98 Å². The zero-order valence-corrected chi connectivity index (χ0v) is 7.24. The number of anilines is 1. The summed E-state index contributed by atoms with van der Waals surface area (Å²) in [4.78, 5) is 13.0. The number of nitrogens with one attached hydrogen (secondary N) is 1. The Morgan fingerprint density at radius 3 is 2.69 bits per heavy atom. The lowest BCUT2D eigenvalue weighted by Crippen LogP contribution is -2.15. The maximum atomic E-state index is 12.3. The fourth-order valence-corrected chi connectivity index (χ4v) is 1.24. The number of rotatable bonds is 2. The molecule has 1 aromatic rings. The lowest BCUT2D eigenvalue weighted by Gasteiger charge is -2.07. The van der Waals surface area contributed by atoms with Gasteiger partial charge in [0, 0.05) is 17.3 Å². The third-order valence-electron chi connectivity index (χ3n) is 1.65. The van der Waals surface area contributed by atoms with E-state index < -0.39 is 12.0 Å². The van der Waals surface area contributed by atoms with Crippen molar-refractivity contribution in [3.8, 4) is 0 Å². The number of hydrogen-bond donors (Lipinski definition) is 2. The van der Waals surface area contributed by atoms with Crippen LogP contribution in [-0.2, 0) is 5.88 Å². The van der Waals surface area contributed by atoms with Gasteiger partial charge in [-0.25, -0.2) is 8.78 Å². The van der Waals surface area contributed by atoms with Crippen LogP contribution in [0.25, 0.3) is 0 Å². The molecule has 0 aliphatic rings. The highest BCUT2D eigenvalue weighted by Gasteiger charge is 2.16. The van der Waals surface area contributed by atoms with Crippen LogP contribution in [0.3, 0.4) is 0 Å². The average Bonchev–Trinajstić information content (AvgIpc) is 2.09. The summed E-state index contributed by atoms with van der Waals surface area (Å²) in [6, 6.07) is 0. The summed E-state index contributed by atoms with van der Waals surface area (Å²) < 4.78 is 24.6. The van der Waals surface area contributed by atoms with Gasteiger partial charge in [-0.2, -0.15) is 0 Å². The van der Waals surface area contributed by atoms with E-state index >= 15 is 0 Å². The van der Waals surface area contributed by atoms with Crippen LogP contribution in [0, 0.1) is 0 Å². The first kappa shape index (κ1) is 9.98. The molecule has 72 valence electrons. The molecule has 0 aromatic carbocycles. The van der Waals surface area contributed by atoms with Gasteiger partial charge in [0.1, 0.15) is 5.69 Å². The first-order valence-electron chi connectivity index (χ1n) is 3.42. The van der Waals surface area contributed by atoms with E-state index in [1.54, 1.807) is 0 Å². The SMILES string of the molecule is Nc1c(CCl)c(C(F)F)c[nH]c1=O. The third-order valence-corrected chi connectivity index (χ3v) is 1.91. The topological polar surface area (TPSA) is 58.9 Å². The molecule has 0 atom stereocenters. The van der Waals surface area contributed by atoms with Gasteiger partial charge in [0.25, 0.3) is 12.0 Å². The first-order chi connectivity index (χ1) is 6.07. The molecule has 3 nitrogen and oxygen atoms in total. The van der Waals surface area contributed by atoms with Crippen LogP contribution in [0.1, 0.15) is 17.6 Å². The van der Waals surface area contributed by atoms with E-state index in [0.717, 1.165) is 6.20 Å². The fraction of sp³-hybridized carbons (Fsp3) is 0.286. The summed E-state index contributed by atoms with van der Waals surface area (Å²) in [5, 5.41) is 0. The van der Waals surface area contributed by atoms with Crippen molar-refractivity contribution in [2.24, 2.45) is 0 Å². The van der Waals surface area contributed by atoms with Gasteiger partial charge in [-0.3, -0.25) is 4.79 Å². The summed E-state index contributed by atoms with van der Waals surface area (Å²) in [6.07, 6.45) is -1.76. The van der Waals surface area contributed by atoms with Crippen LogP contribution >= 0.6 is 11.6 Å². The van der Waals surface area contributed by atoms with Gasteiger partial charge in [-0.05, 0) is 0 Å². The molecule has 0 unspecified atom stereocenters. The Kier molecular flexibility index (Phi) is 2.87. The molecule has 0 fully saturated rings. The monoisotopic (exact) mass is 208 g/mol. The van der Waals surface area contributed by atoms with E-state index in [0.29, 0.717) is 0 Å². The molecule has 6 heteroatoms. The number of alkyl halides is 3. The van der Waals surface area contributed by atoms with Crippen LogP contribution < -0.4 is 11.3 Å². The lowest BCUT2D eigenvalue weighted by molar-refractivity contribution is 0.150. The van der Waals surface area contributed by atoms with E-state index in [9.17, 15) is 13.6 Å². The van der Waals surface area contributed by atoms with E-state index in [4.69, 9.17) is 17.3 Å². The lowest BCUT2D eigenvalue weighted by atomic mass is 10.1. The van der Waals surface area contributed by atoms with Gasteiger partial charge in [-0.1, -0.05) is 0 Å². The first-order valence-corrected chi connectivity index (χ1v) is 3.95. The number of nitrogens with two attached hydrogens (primary N) is 1. The summed E-state index contributed by atoms with van der Waals surface area (Å²) in [6.45, 7) is 0. The Labute approximate surface area is 77.5 Å². The van der Waals surface area contributed by atoms with Crippen molar-refractivity contribution in [1.29, 1.82) is 0 Å². The van der Waals surface area contributed by atoms with Crippen molar-refractivity contribution in [3.05, 3.63) is 27.7 Å². The zero-order chi connectivity index (χ0) is 10.0. The van der Waals surface area contributed by atoms with Crippen LogP contribution in [0.15, 0.2) is 11.0 Å². The van der Waals surface area contributed by atoms with Crippen LogP contribution in [0.4, 0.5) is 14.5 Å². The van der Waals surface area contributed by atoms with Gasteiger partial charge in [0.15, 0.2) is 0 Å². The number of nitrogen functional groups attached to an aromatic ring is 1. The van der Waals surface area contributed by atoms with Crippen molar-refractivity contribution in [2.45, 2.75) is 12.3 Å². The minimum absolute atomic E-state index is 0.000386. The Morgan fingerprint density at radius 1 is 1.62 bits per heavy atom. The quantitative estimate of drug-likeness (QED) is 0.726.